The molecule has 2 bridgehead atoms. The minimum Gasteiger partial charge on any atom is -0.382 e. The molecule has 2 aliphatic rings. The summed E-state index contributed by atoms with van der Waals surface area (Å²) in [6.07, 6.45) is 7.62. The Morgan fingerprint density at radius 1 is 1.24 bits per heavy atom. The van der Waals surface area contributed by atoms with Crippen molar-refractivity contribution in [3.8, 4) is 0 Å². The summed E-state index contributed by atoms with van der Waals surface area (Å²) >= 11 is 0. The molecule has 2 aliphatic carbocycles. The maximum Gasteiger partial charge on any atom is 0.0344 e. The fraction of sp³-hybridized carbons (Fsp3) is 0.500. The van der Waals surface area contributed by atoms with Gasteiger partial charge in [-0.2, -0.15) is 0 Å². The van der Waals surface area contributed by atoms with Crippen LogP contribution < -0.4 is 5.32 Å². The second-order valence-corrected chi connectivity index (χ2v) is 5.75. The molecule has 1 heteroatoms. The Kier molecular flexibility index (Phi) is 2.70. The maximum atomic E-state index is 3.68. The number of nitrogens with one attached hydrogen (secondary N) is 1. The predicted octanol–water partition coefficient (Wildman–Crippen LogP) is 4.01. The lowest BCUT2D eigenvalue weighted by Crippen LogP contribution is -2.28. The second-order valence-electron chi connectivity index (χ2n) is 5.75. The van der Waals surface area contributed by atoms with E-state index in [4.69, 9.17) is 0 Å². The van der Waals surface area contributed by atoms with Crippen LogP contribution in [0.2, 0.25) is 0 Å². The number of benzene rings is 1. The van der Waals surface area contributed by atoms with Gasteiger partial charge in [0.2, 0.25) is 0 Å². The highest BCUT2D eigenvalue weighted by Crippen LogP contribution is 2.45. The van der Waals surface area contributed by atoms with E-state index in [-0.39, 0.29) is 0 Å². The number of rotatable bonds is 3. The van der Waals surface area contributed by atoms with Crippen LogP contribution in [0, 0.1) is 24.7 Å². The van der Waals surface area contributed by atoms with Gasteiger partial charge in [0.1, 0.15) is 0 Å². The fourth-order valence-electron chi connectivity index (χ4n) is 3.50. The van der Waals surface area contributed by atoms with Crippen LogP contribution in [0.1, 0.15) is 25.3 Å². The normalized spacial score (nSPS) is 31.8. The third-order valence-electron chi connectivity index (χ3n) is 4.38. The lowest BCUT2D eigenvalue weighted by molar-refractivity contribution is 0.400. The molecule has 4 unspecified atom stereocenters. The SMILES string of the molecule is Cc1cccc(NC(C)C2CC3C=CC2C3)c1. The zero-order chi connectivity index (χ0) is 11.8. The smallest absolute Gasteiger partial charge is 0.0344 e. The number of allylic oxidation sites excluding steroid dienone is 2. The number of aryl methyl sites for hydroxylation is 1. The number of hydrogen-bond acceptors (Lipinski definition) is 1. The lowest BCUT2D eigenvalue weighted by Gasteiger charge is -2.27. The molecule has 4 atom stereocenters. The van der Waals surface area contributed by atoms with Gasteiger partial charge in [0.15, 0.2) is 0 Å². The minimum atomic E-state index is 0.580. The van der Waals surface area contributed by atoms with Crippen molar-refractivity contribution in [1.82, 2.24) is 0 Å². The van der Waals surface area contributed by atoms with Crippen LogP contribution >= 0.6 is 0 Å². The first kappa shape index (κ1) is 10.9. The van der Waals surface area contributed by atoms with Crippen LogP contribution in [-0.4, -0.2) is 6.04 Å². The van der Waals surface area contributed by atoms with Gasteiger partial charge in [-0.05, 0) is 62.1 Å². The van der Waals surface area contributed by atoms with Gasteiger partial charge < -0.3 is 5.32 Å². The molecule has 0 radical (unpaired) electrons. The summed E-state index contributed by atoms with van der Waals surface area (Å²) in [5.41, 5.74) is 2.60. The van der Waals surface area contributed by atoms with E-state index in [2.05, 4.69) is 55.6 Å². The quantitative estimate of drug-likeness (QED) is 0.769. The molecule has 0 aromatic heterocycles. The van der Waals surface area contributed by atoms with E-state index >= 15 is 0 Å². The summed E-state index contributed by atoms with van der Waals surface area (Å²) in [5, 5.41) is 3.68. The molecule has 1 fully saturated rings. The molecule has 17 heavy (non-hydrogen) atoms. The van der Waals surface area contributed by atoms with Crippen molar-refractivity contribution in [2.75, 3.05) is 5.32 Å². The molecule has 1 saturated carbocycles. The highest BCUT2D eigenvalue weighted by molar-refractivity contribution is 5.46. The zero-order valence-electron chi connectivity index (χ0n) is 10.7. The van der Waals surface area contributed by atoms with Gasteiger partial charge in [0.25, 0.3) is 0 Å². The monoisotopic (exact) mass is 227 g/mol. The van der Waals surface area contributed by atoms with Crippen molar-refractivity contribution in [2.45, 2.75) is 32.7 Å². The number of fused-ring (bicyclic) bond motifs is 2. The van der Waals surface area contributed by atoms with E-state index in [1.165, 1.54) is 24.1 Å². The van der Waals surface area contributed by atoms with Crippen LogP contribution in [0.25, 0.3) is 0 Å². The largest absolute Gasteiger partial charge is 0.382 e. The first-order chi connectivity index (χ1) is 8.22. The van der Waals surface area contributed by atoms with Gasteiger partial charge in [-0.25, -0.2) is 0 Å². The number of anilines is 1. The van der Waals surface area contributed by atoms with E-state index in [0.717, 1.165) is 17.8 Å². The fourth-order valence-corrected chi connectivity index (χ4v) is 3.50. The molecule has 1 N–H and O–H groups in total. The van der Waals surface area contributed by atoms with Gasteiger partial charge in [-0.3, -0.25) is 0 Å². The standard InChI is InChI=1S/C16H21N/c1-11-4-3-5-15(8-11)17-12(2)16-10-13-6-7-14(16)9-13/h3-8,12-14,16-17H,9-10H2,1-2H3. The Morgan fingerprint density at radius 2 is 2.12 bits per heavy atom. The minimum absolute atomic E-state index is 0.580. The average Bonchev–Trinajstić information content (AvgIpc) is 2.90. The van der Waals surface area contributed by atoms with Crippen LogP contribution in [0.3, 0.4) is 0 Å². The molecular formula is C16H21N. The third kappa shape index (κ3) is 2.11. The molecule has 1 aromatic rings. The molecule has 3 rings (SSSR count). The highest BCUT2D eigenvalue weighted by atomic mass is 14.9. The van der Waals surface area contributed by atoms with E-state index < -0.39 is 0 Å². The Hall–Kier alpha value is -1.24. The van der Waals surface area contributed by atoms with Crippen LogP contribution in [0.5, 0.6) is 0 Å². The molecule has 0 saturated heterocycles. The molecule has 0 spiro atoms. The van der Waals surface area contributed by atoms with Gasteiger partial charge in [0.05, 0.1) is 0 Å². The Morgan fingerprint density at radius 3 is 2.76 bits per heavy atom. The lowest BCUT2D eigenvalue weighted by atomic mass is 9.87. The van der Waals surface area contributed by atoms with E-state index in [0.29, 0.717) is 6.04 Å². The van der Waals surface area contributed by atoms with Gasteiger partial charge in [0, 0.05) is 11.7 Å². The Labute approximate surface area is 104 Å². The van der Waals surface area contributed by atoms with Crippen LogP contribution in [0.4, 0.5) is 5.69 Å². The Balaban J connectivity index is 1.67. The van der Waals surface area contributed by atoms with Crippen LogP contribution in [0.15, 0.2) is 36.4 Å². The molecular weight excluding hydrogens is 206 g/mol. The summed E-state index contributed by atoms with van der Waals surface area (Å²) in [5.74, 6) is 2.52. The summed E-state index contributed by atoms with van der Waals surface area (Å²) in [7, 11) is 0. The molecule has 90 valence electrons. The topological polar surface area (TPSA) is 12.0 Å². The molecule has 1 aromatic carbocycles. The summed E-state index contributed by atoms with van der Waals surface area (Å²) in [6.45, 7) is 4.48. The van der Waals surface area contributed by atoms with E-state index in [9.17, 15) is 0 Å². The first-order valence-electron chi connectivity index (χ1n) is 6.74. The van der Waals surface area contributed by atoms with Gasteiger partial charge in [-0.15, -0.1) is 0 Å². The van der Waals surface area contributed by atoms with Crippen molar-refractivity contribution in [1.29, 1.82) is 0 Å². The third-order valence-corrected chi connectivity index (χ3v) is 4.38. The van der Waals surface area contributed by atoms with Crippen LogP contribution in [-0.2, 0) is 0 Å². The predicted molar refractivity (Wildman–Crippen MR) is 73.1 cm³/mol. The summed E-state index contributed by atoms with van der Waals surface area (Å²) in [4.78, 5) is 0. The maximum absolute atomic E-state index is 3.68. The van der Waals surface area contributed by atoms with Crippen molar-refractivity contribution < 1.29 is 0 Å². The molecule has 0 heterocycles. The van der Waals surface area contributed by atoms with Gasteiger partial charge >= 0.3 is 0 Å². The summed E-state index contributed by atoms with van der Waals surface area (Å²) in [6, 6.07) is 9.27. The van der Waals surface area contributed by atoms with Crippen molar-refractivity contribution in [3.05, 3.63) is 42.0 Å². The highest BCUT2D eigenvalue weighted by Gasteiger charge is 2.38. The van der Waals surface area contributed by atoms with Crippen molar-refractivity contribution in [2.24, 2.45) is 17.8 Å². The summed E-state index contributed by atoms with van der Waals surface area (Å²) < 4.78 is 0. The molecule has 0 aliphatic heterocycles. The first-order valence-corrected chi connectivity index (χ1v) is 6.74. The molecule has 1 nitrogen and oxygen atoms in total. The zero-order valence-corrected chi connectivity index (χ0v) is 10.7. The van der Waals surface area contributed by atoms with Gasteiger partial charge in [-0.1, -0.05) is 24.3 Å². The number of hydrogen-bond donors (Lipinski definition) is 1. The van der Waals surface area contributed by atoms with Crippen molar-refractivity contribution in [3.63, 3.8) is 0 Å². The van der Waals surface area contributed by atoms with E-state index in [1.54, 1.807) is 0 Å². The van der Waals surface area contributed by atoms with E-state index in [1.807, 2.05) is 0 Å². The van der Waals surface area contributed by atoms with Crippen molar-refractivity contribution >= 4 is 5.69 Å². The second kappa shape index (κ2) is 4.21. The Bertz CT molecular complexity index is 435. The average molecular weight is 227 g/mol. The molecule has 0 amide bonds.